The summed E-state index contributed by atoms with van der Waals surface area (Å²) < 4.78 is 32.5. The Labute approximate surface area is 133 Å². The lowest BCUT2D eigenvalue weighted by atomic mass is 10.1. The van der Waals surface area contributed by atoms with Crippen molar-refractivity contribution in [2.24, 2.45) is 0 Å². The van der Waals surface area contributed by atoms with Crippen LogP contribution in [-0.2, 0) is 21.3 Å². The van der Waals surface area contributed by atoms with Gasteiger partial charge in [0.15, 0.2) is 5.82 Å². The molecule has 0 amide bonds. The fourth-order valence-corrected chi connectivity index (χ4v) is 4.29. The standard InChI is InChI=1S/C14H17N3O3S2/c18-22(19,13-5-3-7-21-13)17-10-11-8-15-14(16-9-11)12-4-1-2-6-20-12/h3,5,7-9,12,17H,1-2,4,6,10H2. The molecular weight excluding hydrogens is 322 g/mol. The lowest BCUT2D eigenvalue weighted by Crippen LogP contribution is -2.22. The van der Waals surface area contributed by atoms with Gasteiger partial charge in [-0.05, 0) is 30.7 Å². The first-order chi connectivity index (χ1) is 10.6. The minimum atomic E-state index is -3.46. The summed E-state index contributed by atoms with van der Waals surface area (Å²) in [7, 11) is -3.46. The number of nitrogens with zero attached hydrogens (tertiary/aromatic N) is 2. The number of thiophene rings is 1. The molecule has 0 aliphatic carbocycles. The second-order valence-corrected chi connectivity index (χ2v) is 8.00. The van der Waals surface area contributed by atoms with Crippen LogP contribution in [0.3, 0.4) is 0 Å². The quantitative estimate of drug-likeness (QED) is 0.903. The SMILES string of the molecule is O=S(=O)(NCc1cnc(C2CCCCO2)nc1)c1cccs1. The van der Waals surface area contributed by atoms with Crippen LogP contribution >= 0.6 is 11.3 Å². The van der Waals surface area contributed by atoms with Gasteiger partial charge < -0.3 is 4.74 Å². The lowest BCUT2D eigenvalue weighted by molar-refractivity contribution is 0.00940. The zero-order chi connectivity index (χ0) is 15.4. The van der Waals surface area contributed by atoms with Gasteiger partial charge in [0.25, 0.3) is 0 Å². The average molecular weight is 339 g/mol. The van der Waals surface area contributed by atoms with Crippen molar-refractivity contribution in [1.82, 2.24) is 14.7 Å². The van der Waals surface area contributed by atoms with E-state index in [1.54, 1.807) is 29.9 Å². The summed E-state index contributed by atoms with van der Waals surface area (Å²) in [4.78, 5) is 8.59. The molecule has 1 aliphatic rings. The van der Waals surface area contributed by atoms with Gasteiger partial charge in [-0.2, -0.15) is 0 Å². The monoisotopic (exact) mass is 339 g/mol. The number of hydrogen-bond donors (Lipinski definition) is 1. The maximum absolute atomic E-state index is 12.0. The first-order valence-corrected chi connectivity index (χ1v) is 9.47. The maximum Gasteiger partial charge on any atom is 0.250 e. The predicted molar refractivity (Wildman–Crippen MR) is 82.9 cm³/mol. The molecule has 0 bridgehead atoms. The van der Waals surface area contributed by atoms with Gasteiger partial charge >= 0.3 is 0 Å². The molecule has 118 valence electrons. The van der Waals surface area contributed by atoms with Gasteiger partial charge in [-0.3, -0.25) is 0 Å². The van der Waals surface area contributed by atoms with Crippen LogP contribution in [0.25, 0.3) is 0 Å². The van der Waals surface area contributed by atoms with Crippen molar-refractivity contribution >= 4 is 21.4 Å². The molecule has 3 heterocycles. The summed E-state index contributed by atoms with van der Waals surface area (Å²) in [5, 5.41) is 1.73. The third-order valence-corrected chi connectivity index (χ3v) is 6.22. The van der Waals surface area contributed by atoms with Crippen molar-refractivity contribution in [3.63, 3.8) is 0 Å². The predicted octanol–water partition coefficient (Wildman–Crippen LogP) is 2.26. The van der Waals surface area contributed by atoms with Gasteiger partial charge in [0, 0.05) is 31.1 Å². The molecule has 1 saturated heterocycles. The Hall–Kier alpha value is -1.35. The summed E-state index contributed by atoms with van der Waals surface area (Å²) in [5.41, 5.74) is 0.722. The van der Waals surface area contributed by atoms with E-state index in [9.17, 15) is 8.42 Å². The van der Waals surface area contributed by atoms with E-state index >= 15 is 0 Å². The minimum absolute atomic E-state index is 0.0365. The number of sulfonamides is 1. The van der Waals surface area contributed by atoms with Crippen LogP contribution in [0.15, 0.2) is 34.1 Å². The highest BCUT2D eigenvalue weighted by molar-refractivity contribution is 7.91. The van der Waals surface area contributed by atoms with Crippen molar-refractivity contribution in [1.29, 1.82) is 0 Å². The summed E-state index contributed by atoms with van der Waals surface area (Å²) in [5.74, 6) is 0.671. The van der Waals surface area contributed by atoms with Gasteiger partial charge in [0.1, 0.15) is 10.3 Å². The molecule has 1 aliphatic heterocycles. The third-order valence-electron chi connectivity index (χ3n) is 3.42. The van der Waals surface area contributed by atoms with Gasteiger partial charge in [0.2, 0.25) is 10.0 Å². The number of aromatic nitrogens is 2. The van der Waals surface area contributed by atoms with E-state index < -0.39 is 10.0 Å². The fraction of sp³-hybridized carbons (Fsp3) is 0.429. The van der Waals surface area contributed by atoms with Crippen LogP contribution in [0.1, 0.15) is 36.8 Å². The van der Waals surface area contributed by atoms with Crippen molar-refractivity contribution < 1.29 is 13.2 Å². The smallest absolute Gasteiger partial charge is 0.250 e. The van der Waals surface area contributed by atoms with Crippen molar-refractivity contribution in [3.8, 4) is 0 Å². The Balaban J connectivity index is 1.61. The summed E-state index contributed by atoms with van der Waals surface area (Å²) >= 11 is 1.19. The van der Waals surface area contributed by atoms with E-state index in [-0.39, 0.29) is 12.6 Å². The summed E-state index contributed by atoms with van der Waals surface area (Å²) in [6.45, 7) is 0.919. The molecule has 1 unspecified atom stereocenters. The molecule has 3 rings (SSSR count). The molecule has 2 aromatic heterocycles. The Morgan fingerprint density at radius 3 is 2.77 bits per heavy atom. The van der Waals surface area contributed by atoms with Crippen molar-refractivity contribution in [3.05, 3.63) is 41.3 Å². The molecule has 0 radical (unpaired) electrons. The highest BCUT2D eigenvalue weighted by atomic mass is 32.2. The van der Waals surface area contributed by atoms with Gasteiger partial charge in [-0.25, -0.2) is 23.1 Å². The largest absolute Gasteiger partial charge is 0.370 e. The third kappa shape index (κ3) is 3.70. The van der Waals surface area contributed by atoms with Gasteiger partial charge in [-0.1, -0.05) is 6.07 Å². The Morgan fingerprint density at radius 1 is 1.32 bits per heavy atom. The minimum Gasteiger partial charge on any atom is -0.370 e. The summed E-state index contributed by atoms with van der Waals surface area (Å²) in [6.07, 6.45) is 6.40. The second-order valence-electron chi connectivity index (χ2n) is 5.06. The molecule has 8 heteroatoms. The maximum atomic E-state index is 12.0. The summed E-state index contributed by atoms with van der Waals surface area (Å²) in [6, 6.07) is 3.29. The van der Waals surface area contributed by atoms with E-state index in [2.05, 4.69) is 14.7 Å². The fourth-order valence-electron chi connectivity index (χ4n) is 2.23. The molecule has 1 atom stereocenters. The Bertz CT molecular complexity index is 693. The Morgan fingerprint density at radius 2 is 2.14 bits per heavy atom. The van der Waals surface area contributed by atoms with E-state index in [0.717, 1.165) is 31.4 Å². The average Bonchev–Trinajstić information content (AvgIpc) is 3.10. The van der Waals surface area contributed by atoms with Crippen LogP contribution in [0, 0.1) is 0 Å². The van der Waals surface area contributed by atoms with Crippen molar-refractivity contribution in [2.75, 3.05) is 6.61 Å². The number of hydrogen-bond acceptors (Lipinski definition) is 6. The Kier molecular flexibility index (Phi) is 4.82. The molecule has 22 heavy (non-hydrogen) atoms. The first kappa shape index (κ1) is 15.5. The molecule has 0 spiro atoms. The first-order valence-electron chi connectivity index (χ1n) is 7.11. The van der Waals surface area contributed by atoms with E-state index in [4.69, 9.17) is 4.74 Å². The van der Waals surface area contributed by atoms with Crippen LogP contribution in [0.5, 0.6) is 0 Å². The molecule has 6 nitrogen and oxygen atoms in total. The van der Waals surface area contributed by atoms with Gasteiger partial charge in [0.05, 0.1) is 0 Å². The number of nitrogens with one attached hydrogen (secondary N) is 1. The second kappa shape index (κ2) is 6.82. The highest BCUT2D eigenvalue weighted by Gasteiger charge is 2.19. The van der Waals surface area contributed by atoms with Crippen LogP contribution in [-0.4, -0.2) is 25.0 Å². The molecule has 1 N–H and O–H groups in total. The lowest BCUT2D eigenvalue weighted by Gasteiger charge is -2.21. The van der Waals surface area contributed by atoms with E-state index in [0.29, 0.717) is 10.0 Å². The molecule has 1 fully saturated rings. The van der Waals surface area contributed by atoms with Crippen LogP contribution in [0.2, 0.25) is 0 Å². The normalized spacial score (nSPS) is 19.2. The van der Waals surface area contributed by atoms with Crippen LogP contribution in [0.4, 0.5) is 0 Å². The van der Waals surface area contributed by atoms with Crippen molar-refractivity contribution in [2.45, 2.75) is 36.1 Å². The number of rotatable bonds is 5. The molecule has 0 saturated carbocycles. The topological polar surface area (TPSA) is 81.2 Å². The molecule has 0 aromatic carbocycles. The van der Waals surface area contributed by atoms with Crippen LogP contribution < -0.4 is 4.72 Å². The van der Waals surface area contributed by atoms with E-state index in [1.165, 1.54) is 11.3 Å². The molecule has 2 aromatic rings. The zero-order valence-corrected chi connectivity index (χ0v) is 13.6. The highest BCUT2D eigenvalue weighted by Crippen LogP contribution is 2.24. The number of ether oxygens (including phenoxy) is 1. The van der Waals surface area contributed by atoms with Gasteiger partial charge in [-0.15, -0.1) is 11.3 Å². The molecular formula is C14H17N3O3S2. The van der Waals surface area contributed by atoms with E-state index in [1.807, 2.05) is 0 Å². The zero-order valence-electron chi connectivity index (χ0n) is 11.9.